The molecule has 0 bridgehead atoms. The monoisotopic (exact) mass is 413 g/mol. The average molecular weight is 413 g/mol. The van der Waals surface area contributed by atoms with Crippen molar-refractivity contribution in [3.63, 3.8) is 0 Å². The zero-order valence-corrected chi connectivity index (χ0v) is 17.3. The van der Waals surface area contributed by atoms with E-state index < -0.39 is 23.5 Å². The summed E-state index contributed by atoms with van der Waals surface area (Å²) in [6.45, 7) is 3.21. The van der Waals surface area contributed by atoms with Gasteiger partial charge >= 0.3 is 0 Å². The second-order valence-corrected chi connectivity index (χ2v) is 7.09. The average Bonchev–Trinajstić information content (AvgIpc) is 3.38. The fourth-order valence-electron chi connectivity index (χ4n) is 3.51. The van der Waals surface area contributed by atoms with Crippen molar-refractivity contribution in [3.05, 3.63) is 65.3 Å². The standard InChI is InChI=1S/C23H27NO6/c1-3-4-5-12-29-17-9-6-8-16(15-17)20-19(21(25)18-10-7-13-30-18)22(26)23(27)24(20)11-14-28-2/h6-10,13,15,20,26H,3-5,11-12,14H2,1-2H3. The lowest BCUT2D eigenvalue weighted by molar-refractivity contribution is -0.130. The van der Waals surface area contributed by atoms with Crippen LogP contribution in [0.1, 0.15) is 48.3 Å². The third-order valence-corrected chi connectivity index (χ3v) is 5.02. The first kappa shape index (κ1) is 21.6. The Bertz CT molecular complexity index is 902. The summed E-state index contributed by atoms with van der Waals surface area (Å²) in [5.41, 5.74) is 0.667. The first-order valence-corrected chi connectivity index (χ1v) is 10.1. The number of hydrogen-bond acceptors (Lipinski definition) is 6. The summed E-state index contributed by atoms with van der Waals surface area (Å²) >= 11 is 0. The quantitative estimate of drug-likeness (QED) is 0.441. The summed E-state index contributed by atoms with van der Waals surface area (Å²) < 4.78 is 16.2. The van der Waals surface area contributed by atoms with E-state index in [9.17, 15) is 14.7 Å². The highest BCUT2D eigenvalue weighted by atomic mass is 16.5. The van der Waals surface area contributed by atoms with Gasteiger partial charge in [-0.15, -0.1) is 0 Å². The third kappa shape index (κ3) is 4.57. The summed E-state index contributed by atoms with van der Waals surface area (Å²) in [6, 6.07) is 9.60. The van der Waals surface area contributed by atoms with Crippen LogP contribution >= 0.6 is 0 Å². The Kier molecular flexibility index (Phi) is 7.30. The van der Waals surface area contributed by atoms with Gasteiger partial charge in [-0.1, -0.05) is 31.9 Å². The number of hydrogen-bond donors (Lipinski definition) is 1. The van der Waals surface area contributed by atoms with E-state index in [1.165, 1.54) is 24.3 Å². The molecule has 1 aliphatic heterocycles. The number of ether oxygens (including phenoxy) is 2. The van der Waals surface area contributed by atoms with Crippen molar-refractivity contribution >= 4 is 11.7 Å². The van der Waals surface area contributed by atoms with Crippen LogP contribution in [0.4, 0.5) is 0 Å². The van der Waals surface area contributed by atoms with Crippen molar-refractivity contribution in [2.24, 2.45) is 0 Å². The Morgan fingerprint density at radius 1 is 1.20 bits per heavy atom. The molecule has 1 N–H and O–H groups in total. The van der Waals surface area contributed by atoms with Gasteiger partial charge in [-0.3, -0.25) is 9.59 Å². The molecule has 0 saturated carbocycles. The predicted molar refractivity (Wildman–Crippen MR) is 110 cm³/mol. The molecule has 160 valence electrons. The number of carbonyl (C=O) groups is 2. The number of benzene rings is 1. The molecule has 7 nitrogen and oxygen atoms in total. The zero-order chi connectivity index (χ0) is 21.5. The molecule has 0 aliphatic carbocycles. The molecule has 1 amide bonds. The highest BCUT2D eigenvalue weighted by Gasteiger charge is 2.44. The highest BCUT2D eigenvalue weighted by Crippen LogP contribution is 2.39. The molecule has 1 aromatic carbocycles. The minimum atomic E-state index is -0.760. The molecular weight excluding hydrogens is 386 g/mol. The molecular formula is C23H27NO6. The van der Waals surface area contributed by atoms with Gasteiger partial charge in [-0.2, -0.15) is 0 Å². The number of aliphatic hydroxyl groups is 1. The number of unbranched alkanes of at least 4 members (excludes halogenated alkanes) is 2. The third-order valence-electron chi connectivity index (χ3n) is 5.02. The molecule has 0 spiro atoms. The molecule has 0 saturated heterocycles. The SMILES string of the molecule is CCCCCOc1cccc(C2C(C(=O)c3ccco3)=C(O)C(=O)N2CCOC)c1. The van der Waals surface area contributed by atoms with Crippen LogP contribution in [0.15, 0.2) is 58.4 Å². The van der Waals surface area contributed by atoms with Gasteiger partial charge in [0.05, 0.1) is 31.1 Å². The number of nitrogens with zero attached hydrogens (tertiary/aromatic N) is 1. The maximum absolute atomic E-state index is 13.0. The van der Waals surface area contributed by atoms with E-state index in [-0.39, 0.29) is 24.5 Å². The van der Waals surface area contributed by atoms with Gasteiger partial charge in [0.15, 0.2) is 11.5 Å². The molecule has 0 radical (unpaired) electrons. The minimum Gasteiger partial charge on any atom is -0.503 e. The Hall–Kier alpha value is -3.06. The van der Waals surface area contributed by atoms with Gasteiger partial charge < -0.3 is 23.9 Å². The Balaban J connectivity index is 1.94. The molecule has 1 atom stereocenters. The van der Waals surface area contributed by atoms with Crippen LogP contribution in [0, 0.1) is 0 Å². The van der Waals surface area contributed by atoms with Gasteiger partial charge in [0, 0.05) is 13.7 Å². The molecule has 0 fully saturated rings. The maximum atomic E-state index is 13.0. The summed E-state index contributed by atoms with van der Waals surface area (Å²) in [5.74, 6) is -0.980. The Labute approximate surface area is 175 Å². The largest absolute Gasteiger partial charge is 0.503 e. The second kappa shape index (κ2) is 10.1. The van der Waals surface area contributed by atoms with Gasteiger partial charge in [-0.05, 0) is 36.2 Å². The number of amides is 1. The fraction of sp³-hybridized carbons (Fsp3) is 0.391. The van der Waals surface area contributed by atoms with Gasteiger partial charge in [-0.25, -0.2) is 0 Å². The van der Waals surface area contributed by atoms with Crippen molar-refractivity contribution in [2.75, 3.05) is 26.9 Å². The summed E-state index contributed by atoms with van der Waals surface area (Å²) in [7, 11) is 1.53. The molecule has 7 heteroatoms. The minimum absolute atomic E-state index is 0.00538. The van der Waals surface area contributed by atoms with E-state index in [1.54, 1.807) is 12.1 Å². The lowest BCUT2D eigenvalue weighted by atomic mass is 9.95. The van der Waals surface area contributed by atoms with E-state index in [0.29, 0.717) is 17.9 Å². The predicted octanol–water partition coefficient (Wildman–Crippen LogP) is 4.07. The van der Waals surface area contributed by atoms with Crippen molar-refractivity contribution in [2.45, 2.75) is 32.2 Å². The van der Waals surface area contributed by atoms with E-state index in [2.05, 4.69) is 6.92 Å². The lowest BCUT2D eigenvalue weighted by Gasteiger charge is -2.26. The van der Waals surface area contributed by atoms with Crippen LogP contribution in [0.25, 0.3) is 0 Å². The normalized spacial score (nSPS) is 16.4. The number of ketones is 1. The number of rotatable bonds is 11. The van der Waals surface area contributed by atoms with Crippen LogP contribution in [0.3, 0.4) is 0 Å². The number of furan rings is 1. The number of methoxy groups -OCH3 is 1. The van der Waals surface area contributed by atoms with E-state index in [1.807, 2.05) is 18.2 Å². The van der Waals surface area contributed by atoms with Crippen molar-refractivity contribution in [3.8, 4) is 5.75 Å². The van der Waals surface area contributed by atoms with Crippen molar-refractivity contribution in [1.82, 2.24) is 4.90 Å². The van der Waals surface area contributed by atoms with E-state index >= 15 is 0 Å². The molecule has 2 aromatic rings. The van der Waals surface area contributed by atoms with Gasteiger partial charge in [0.1, 0.15) is 5.75 Å². The van der Waals surface area contributed by atoms with Crippen LogP contribution in [-0.4, -0.2) is 48.6 Å². The maximum Gasteiger partial charge on any atom is 0.290 e. The summed E-state index contributed by atoms with van der Waals surface area (Å²) in [6.07, 6.45) is 4.51. The van der Waals surface area contributed by atoms with Crippen LogP contribution in [0.2, 0.25) is 0 Å². The Morgan fingerprint density at radius 3 is 2.73 bits per heavy atom. The fourth-order valence-corrected chi connectivity index (χ4v) is 3.51. The Morgan fingerprint density at radius 2 is 2.03 bits per heavy atom. The van der Waals surface area contributed by atoms with Crippen molar-refractivity contribution in [1.29, 1.82) is 0 Å². The van der Waals surface area contributed by atoms with Crippen LogP contribution in [-0.2, 0) is 9.53 Å². The lowest BCUT2D eigenvalue weighted by Crippen LogP contribution is -2.34. The van der Waals surface area contributed by atoms with Crippen LogP contribution < -0.4 is 4.74 Å². The van der Waals surface area contributed by atoms with E-state index in [0.717, 1.165) is 19.3 Å². The molecule has 1 aliphatic rings. The molecule has 2 heterocycles. The molecule has 30 heavy (non-hydrogen) atoms. The number of Topliss-reactive ketones (excluding diaryl/α,β-unsaturated/α-hetero) is 1. The molecule has 1 aromatic heterocycles. The smallest absolute Gasteiger partial charge is 0.290 e. The number of aliphatic hydroxyl groups excluding tert-OH is 1. The van der Waals surface area contributed by atoms with Crippen molar-refractivity contribution < 1.29 is 28.6 Å². The van der Waals surface area contributed by atoms with E-state index in [4.69, 9.17) is 13.9 Å². The summed E-state index contributed by atoms with van der Waals surface area (Å²) in [4.78, 5) is 27.2. The first-order chi connectivity index (χ1) is 14.6. The topological polar surface area (TPSA) is 89.2 Å². The number of carbonyl (C=O) groups excluding carboxylic acids is 2. The summed E-state index contributed by atoms with van der Waals surface area (Å²) in [5, 5.41) is 10.6. The van der Waals surface area contributed by atoms with Crippen LogP contribution in [0.5, 0.6) is 5.75 Å². The first-order valence-electron chi connectivity index (χ1n) is 10.1. The van der Waals surface area contributed by atoms with Gasteiger partial charge in [0.25, 0.3) is 5.91 Å². The molecule has 1 unspecified atom stereocenters. The zero-order valence-electron chi connectivity index (χ0n) is 17.3. The highest BCUT2D eigenvalue weighted by molar-refractivity contribution is 6.15. The second-order valence-electron chi connectivity index (χ2n) is 7.09. The van der Waals surface area contributed by atoms with Gasteiger partial charge in [0.2, 0.25) is 5.78 Å². The molecule has 3 rings (SSSR count).